The molecule has 0 spiro atoms. The van der Waals surface area contributed by atoms with Crippen LogP contribution in [0.5, 0.6) is 0 Å². The van der Waals surface area contributed by atoms with E-state index in [2.05, 4.69) is 5.32 Å². The first-order valence-electron chi connectivity index (χ1n) is 10.5. The van der Waals surface area contributed by atoms with E-state index in [1.165, 1.54) is 30.6 Å². The summed E-state index contributed by atoms with van der Waals surface area (Å²) in [5.74, 6) is -1.55. The number of thiophene rings is 1. The highest BCUT2D eigenvalue weighted by molar-refractivity contribution is 7.89. The maximum absolute atomic E-state index is 13.4. The van der Waals surface area contributed by atoms with Gasteiger partial charge < -0.3 is 10.1 Å². The van der Waals surface area contributed by atoms with Gasteiger partial charge in [-0.25, -0.2) is 17.6 Å². The van der Waals surface area contributed by atoms with Crippen molar-refractivity contribution in [2.45, 2.75) is 11.4 Å². The first-order valence-corrected chi connectivity index (χ1v) is 12.7. The van der Waals surface area contributed by atoms with Crippen LogP contribution in [0.4, 0.5) is 10.1 Å². The average molecular weight is 513 g/mol. The van der Waals surface area contributed by atoms with Crippen LogP contribution in [-0.2, 0) is 26.1 Å². The van der Waals surface area contributed by atoms with Gasteiger partial charge in [-0.1, -0.05) is 30.3 Å². The molecule has 0 saturated heterocycles. The Hall–Kier alpha value is -3.60. The van der Waals surface area contributed by atoms with E-state index in [1.807, 2.05) is 0 Å². The molecule has 10 heteroatoms. The smallest absolute Gasteiger partial charge is 0.348 e. The summed E-state index contributed by atoms with van der Waals surface area (Å²) < 4.78 is 46.6. The molecule has 0 unspecified atom stereocenters. The molecule has 0 aliphatic carbocycles. The fourth-order valence-corrected chi connectivity index (χ4v) is 5.80. The number of nitrogens with one attached hydrogen (secondary N) is 1. The van der Waals surface area contributed by atoms with E-state index in [1.54, 1.807) is 54.6 Å². The molecule has 0 atom stereocenters. The third-order valence-electron chi connectivity index (χ3n) is 5.16. The second-order valence-corrected chi connectivity index (χ2v) is 10.6. The zero-order valence-corrected chi connectivity index (χ0v) is 20.2. The fourth-order valence-electron chi connectivity index (χ4n) is 3.45. The number of methoxy groups -OCH3 is 1. The number of esters is 1. The number of hydrogen-bond donors (Lipinski definition) is 1. The Balaban J connectivity index is 1.57. The van der Waals surface area contributed by atoms with E-state index in [0.717, 1.165) is 26.5 Å². The molecule has 35 heavy (non-hydrogen) atoms. The van der Waals surface area contributed by atoms with Crippen LogP contribution in [0.3, 0.4) is 0 Å². The van der Waals surface area contributed by atoms with Gasteiger partial charge in [-0.05, 0) is 59.5 Å². The van der Waals surface area contributed by atoms with Gasteiger partial charge in [0.1, 0.15) is 10.7 Å². The second kappa shape index (κ2) is 10.3. The number of sulfonamides is 1. The lowest BCUT2D eigenvalue weighted by Crippen LogP contribution is -2.37. The summed E-state index contributed by atoms with van der Waals surface area (Å²) >= 11 is 1.27. The van der Waals surface area contributed by atoms with Crippen molar-refractivity contribution in [1.82, 2.24) is 4.31 Å². The molecule has 0 aliphatic heterocycles. The van der Waals surface area contributed by atoms with Crippen molar-refractivity contribution >= 4 is 49.0 Å². The minimum absolute atomic E-state index is 0.0416. The number of nitrogens with zero attached hydrogens (tertiary/aromatic N) is 1. The number of hydrogen-bond acceptors (Lipinski definition) is 6. The number of rotatable bonds is 8. The molecule has 4 aromatic rings. The van der Waals surface area contributed by atoms with Crippen molar-refractivity contribution < 1.29 is 27.1 Å². The van der Waals surface area contributed by atoms with Crippen molar-refractivity contribution in [3.63, 3.8) is 0 Å². The maximum atomic E-state index is 13.4. The normalized spacial score (nSPS) is 11.5. The van der Waals surface area contributed by atoms with Crippen LogP contribution in [0.2, 0.25) is 0 Å². The molecule has 0 saturated carbocycles. The predicted octanol–water partition coefficient (Wildman–Crippen LogP) is 4.66. The standard InChI is InChI=1S/C25H21FN2O5S2/c1-33-25(30)23-14-18-13-20(9-12-22(18)34-23)27-24(29)16-28(15-17-5-3-2-4-6-17)35(31,32)21-10-7-19(26)8-11-21/h2-14H,15-16H2,1H3,(H,27,29). The molecule has 1 aromatic heterocycles. The first-order chi connectivity index (χ1) is 16.8. The zero-order valence-electron chi connectivity index (χ0n) is 18.6. The van der Waals surface area contributed by atoms with Crippen molar-refractivity contribution in [3.05, 3.63) is 95.1 Å². The lowest BCUT2D eigenvalue weighted by atomic mass is 10.2. The minimum atomic E-state index is -4.09. The van der Waals surface area contributed by atoms with Gasteiger partial charge >= 0.3 is 5.97 Å². The molecule has 0 aliphatic rings. The van der Waals surface area contributed by atoms with E-state index in [4.69, 9.17) is 4.74 Å². The number of halogens is 1. The summed E-state index contributed by atoms with van der Waals surface area (Å²) in [6.07, 6.45) is 0. The number of carbonyl (C=O) groups excluding carboxylic acids is 2. The SMILES string of the molecule is COC(=O)c1cc2cc(NC(=O)CN(Cc3ccccc3)S(=O)(=O)c3ccc(F)cc3)ccc2s1. The minimum Gasteiger partial charge on any atom is -0.465 e. The number of carbonyl (C=O) groups is 2. The Labute approximate surface area is 205 Å². The monoisotopic (exact) mass is 512 g/mol. The molecule has 3 aromatic carbocycles. The van der Waals surface area contributed by atoms with Gasteiger partial charge in [0.2, 0.25) is 15.9 Å². The number of fused-ring (bicyclic) bond motifs is 1. The molecule has 4 rings (SSSR count). The molecule has 1 N–H and O–H groups in total. The third kappa shape index (κ3) is 5.73. The largest absolute Gasteiger partial charge is 0.465 e. The molecule has 7 nitrogen and oxygen atoms in total. The van der Waals surface area contributed by atoms with Crippen LogP contribution < -0.4 is 5.32 Å². The molecule has 180 valence electrons. The van der Waals surface area contributed by atoms with Gasteiger partial charge in [-0.3, -0.25) is 4.79 Å². The molecule has 1 amide bonds. The van der Waals surface area contributed by atoms with Crippen molar-refractivity contribution in [3.8, 4) is 0 Å². The second-order valence-electron chi connectivity index (χ2n) is 7.62. The Bertz CT molecular complexity index is 1470. The maximum Gasteiger partial charge on any atom is 0.348 e. The summed E-state index contributed by atoms with van der Waals surface area (Å²) in [5, 5.41) is 3.46. The lowest BCUT2D eigenvalue weighted by molar-refractivity contribution is -0.116. The van der Waals surface area contributed by atoms with E-state index in [9.17, 15) is 22.4 Å². The Morgan fingerprint density at radius 2 is 1.71 bits per heavy atom. The van der Waals surface area contributed by atoms with Crippen LogP contribution in [0.25, 0.3) is 10.1 Å². The fraction of sp³-hybridized carbons (Fsp3) is 0.120. The Morgan fingerprint density at radius 1 is 1.00 bits per heavy atom. The molecular weight excluding hydrogens is 491 g/mol. The van der Waals surface area contributed by atoms with Crippen LogP contribution in [0.15, 0.2) is 83.8 Å². The third-order valence-corrected chi connectivity index (χ3v) is 8.06. The number of benzene rings is 3. The highest BCUT2D eigenvalue weighted by Crippen LogP contribution is 2.29. The summed E-state index contributed by atoms with van der Waals surface area (Å²) in [4.78, 5) is 25.0. The molecular formula is C25H21FN2O5S2. The van der Waals surface area contributed by atoms with Crippen molar-refractivity contribution in [2.75, 3.05) is 19.0 Å². The lowest BCUT2D eigenvalue weighted by Gasteiger charge is -2.22. The molecule has 1 heterocycles. The highest BCUT2D eigenvalue weighted by atomic mass is 32.2. The summed E-state index contributed by atoms with van der Waals surface area (Å²) in [5.41, 5.74) is 1.15. The van der Waals surface area contributed by atoms with Crippen molar-refractivity contribution in [2.24, 2.45) is 0 Å². The summed E-state index contributed by atoms with van der Waals surface area (Å²) in [6.45, 7) is -0.496. The van der Waals surface area contributed by atoms with Crippen LogP contribution in [0.1, 0.15) is 15.2 Å². The number of amides is 1. The van der Waals surface area contributed by atoms with Gasteiger partial charge in [-0.15, -0.1) is 11.3 Å². The van der Waals surface area contributed by atoms with E-state index in [-0.39, 0.29) is 11.4 Å². The van der Waals surface area contributed by atoms with Gasteiger partial charge in [0, 0.05) is 16.9 Å². The van der Waals surface area contributed by atoms with Crippen LogP contribution >= 0.6 is 11.3 Å². The Morgan fingerprint density at radius 3 is 2.40 bits per heavy atom. The van der Waals surface area contributed by atoms with Gasteiger partial charge in [-0.2, -0.15) is 4.31 Å². The number of anilines is 1. The van der Waals surface area contributed by atoms with Gasteiger partial charge in [0.05, 0.1) is 18.6 Å². The van der Waals surface area contributed by atoms with Crippen molar-refractivity contribution in [1.29, 1.82) is 0 Å². The first kappa shape index (κ1) is 24.5. The molecule has 0 fully saturated rings. The van der Waals surface area contributed by atoms with Crippen LogP contribution in [0, 0.1) is 5.82 Å². The topological polar surface area (TPSA) is 92.8 Å². The quantitative estimate of drug-likeness (QED) is 0.347. The van der Waals surface area contributed by atoms with Crippen LogP contribution in [-0.4, -0.2) is 38.3 Å². The zero-order chi connectivity index (χ0) is 25.0. The molecule has 0 radical (unpaired) electrons. The van der Waals surface area contributed by atoms with Gasteiger partial charge in [0.25, 0.3) is 0 Å². The highest BCUT2D eigenvalue weighted by Gasteiger charge is 2.27. The predicted molar refractivity (Wildman–Crippen MR) is 132 cm³/mol. The van der Waals surface area contributed by atoms with E-state index in [0.29, 0.717) is 16.1 Å². The van der Waals surface area contributed by atoms with Gasteiger partial charge in [0.15, 0.2) is 0 Å². The Kier molecular flexibility index (Phi) is 7.25. The average Bonchev–Trinajstić information content (AvgIpc) is 3.27. The number of ether oxygens (including phenoxy) is 1. The summed E-state index contributed by atoms with van der Waals surface area (Å²) in [7, 11) is -2.79. The van der Waals surface area contributed by atoms with E-state index >= 15 is 0 Å². The van der Waals surface area contributed by atoms with E-state index < -0.39 is 34.3 Å². The molecule has 0 bridgehead atoms. The summed E-state index contributed by atoms with van der Waals surface area (Å²) in [6, 6.07) is 20.1.